The van der Waals surface area contributed by atoms with Gasteiger partial charge in [-0.1, -0.05) is 30.3 Å². The third kappa shape index (κ3) is 4.10. The molecule has 0 saturated carbocycles. The normalized spacial score (nSPS) is 19.3. The molecule has 3 aromatic rings. The van der Waals surface area contributed by atoms with Gasteiger partial charge in [0.1, 0.15) is 5.82 Å². The van der Waals surface area contributed by atoms with Gasteiger partial charge in [0, 0.05) is 17.9 Å². The molecular formula is C24H21FN4O3S2. The van der Waals surface area contributed by atoms with Gasteiger partial charge in [-0.25, -0.2) is 17.6 Å². The van der Waals surface area contributed by atoms with E-state index < -0.39 is 27.3 Å². The third-order valence-electron chi connectivity index (χ3n) is 5.97. The van der Waals surface area contributed by atoms with Crippen LogP contribution < -0.4 is 20.9 Å². The zero-order chi connectivity index (χ0) is 23.9. The summed E-state index contributed by atoms with van der Waals surface area (Å²) in [4.78, 5) is 14.1. The summed E-state index contributed by atoms with van der Waals surface area (Å²) in [7, 11) is -3.88. The van der Waals surface area contributed by atoms with Crippen LogP contribution >= 0.6 is 12.2 Å². The molecule has 0 bridgehead atoms. The number of sulfone groups is 1. The molecule has 0 aliphatic carbocycles. The molecule has 1 fully saturated rings. The Balaban J connectivity index is 1.39. The number of thiocarbonyl (C=S) groups is 1. The molecule has 34 heavy (non-hydrogen) atoms. The minimum atomic E-state index is -3.88. The lowest BCUT2D eigenvalue weighted by atomic mass is 10.1. The number of amides is 2. The number of carbonyl (C=O) groups excluding carboxylic acids is 1. The molecule has 7 nitrogen and oxygen atoms in total. The molecule has 0 spiro atoms. The number of carbonyl (C=O) groups is 1. The number of hydrogen-bond acceptors (Lipinski definition) is 4. The van der Waals surface area contributed by atoms with Gasteiger partial charge in [-0.2, -0.15) is 0 Å². The van der Waals surface area contributed by atoms with Gasteiger partial charge in [-0.3, -0.25) is 0 Å². The minimum Gasteiger partial charge on any atom is -0.332 e. The Morgan fingerprint density at radius 1 is 1.03 bits per heavy atom. The third-order valence-corrected chi connectivity index (χ3v) is 8.26. The van der Waals surface area contributed by atoms with E-state index in [2.05, 4.69) is 16.0 Å². The van der Waals surface area contributed by atoms with E-state index in [0.717, 1.165) is 11.3 Å². The molecule has 10 heteroatoms. The number of nitrogens with one attached hydrogen (secondary N) is 3. The van der Waals surface area contributed by atoms with Gasteiger partial charge < -0.3 is 20.9 Å². The highest BCUT2D eigenvalue weighted by atomic mass is 32.2. The molecule has 5 rings (SSSR count). The summed E-state index contributed by atoms with van der Waals surface area (Å²) in [6.07, 6.45) is 0.612. The largest absolute Gasteiger partial charge is 0.332 e. The van der Waals surface area contributed by atoms with Gasteiger partial charge in [0.05, 0.1) is 10.9 Å². The number of rotatable bonds is 4. The van der Waals surface area contributed by atoms with Crippen LogP contribution in [0.15, 0.2) is 77.7 Å². The van der Waals surface area contributed by atoms with E-state index in [0.29, 0.717) is 29.3 Å². The van der Waals surface area contributed by atoms with Gasteiger partial charge in [-0.15, -0.1) is 0 Å². The smallest absolute Gasteiger partial charge is 0.316 e. The fourth-order valence-corrected chi connectivity index (χ4v) is 6.29. The predicted molar refractivity (Wildman–Crippen MR) is 132 cm³/mol. The standard InChI is InChI=1S/C24H21FN4O3S2/c25-17-6-8-18(9-7-17)26-24(33)29-13-12-16-14-19(10-11-20(16)29)34(31,32)22-21(27-23(30)28-22)15-4-2-1-3-5-15/h1-11,14,21-22H,12-13H2,(H,26,33)(H2,27,28,30). The molecule has 0 radical (unpaired) electrons. The van der Waals surface area contributed by atoms with Crippen molar-refractivity contribution in [2.24, 2.45) is 0 Å². The molecular weight excluding hydrogens is 475 g/mol. The van der Waals surface area contributed by atoms with Gasteiger partial charge in [-0.05, 0) is 72.2 Å². The van der Waals surface area contributed by atoms with Crippen LogP contribution in [0.3, 0.4) is 0 Å². The summed E-state index contributed by atoms with van der Waals surface area (Å²) < 4.78 is 40.2. The molecule has 2 atom stereocenters. The second-order valence-corrected chi connectivity index (χ2v) is 10.6. The Morgan fingerprint density at radius 2 is 1.76 bits per heavy atom. The monoisotopic (exact) mass is 496 g/mol. The molecule has 0 aromatic heterocycles. The summed E-state index contributed by atoms with van der Waals surface area (Å²) in [5, 5.41) is 7.68. The van der Waals surface area contributed by atoms with E-state index in [4.69, 9.17) is 12.2 Å². The lowest BCUT2D eigenvalue weighted by Gasteiger charge is -2.22. The number of anilines is 2. The Bertz CT molecular complexity index is 1360. The van der Waals surface area contributed by atoms with E-state index in [9.17, 15) is 17.6 Å². The quantitative estimate of drug-likeness (QED) is 0.477. The van der Waals surface area contributed by atoms with Crippen molar-refractivity contribution in [3.8, 4) is 0 Å². The summed E-state index contributed by atoms with van der Waals surface area (Å²) in [5.74, 6) is -0.333. The number of benzene rings is 3. The van der Waals surface area contributed by atoms with E-state index >= 15 is 0 Å². The SMILES string of the molecule is O=C1NC(c2ccccc2)C(S(=O)(=O)c2ccc3c(c2)CCN3C(=S)Nc2ccc(F)cc2)N1. The highest BCUT2D eigenvalue weighted by Gasteiger charge is 2.43. The summed E-state index contributed by atoms with van der Waals surface area (Å²) in [6.45, 7) is 0.584. The fourth-order valence-electron chi connectivity index (χ4n) is 4.28. The summed E-state index contributed by atoms with van der Waals surface area (Å²) in [6, 6.07) is 18.6. The van der Waals surface area contributed by atoms with Gasteiger partial charge in [0.25, 0.3) is 0 Å². The number of nitrogens with zero attached hydrogens (tertiary/aromatic N) is 1. The van der Waals surface area contributed by atoms with Crippen molar-refractivity contribution in [2.45, 2.75) is 22.7 Å². The van der Waals surface area contributed by atoms with Crippen molar-refractivity contribution in [3.63, 3.8) is 0 Å². The van der Waals surface area contributed by atoms with Gasteiger partial charge in [0.2, 0.25) is 9.84 Å². The van der Waals surface area contributed by atoms with E-state index in [-0.39, 0.29) is 10.7 Å². The van der Waals surface area contributed by atoms with Crippen LogP contribution in [0.5, 0.6) is 0 Å². The van der Waals surface area contributed by atoms with E-state index in [1.165, 1.54) is 12.1 Å². The topological polar surface area (TPSA) is 90.5 Å². The zero-order valence-corrected chi connectivity index (χ0v) is 19.5. The molecule has 1 saturated heterocycles. The van der Waals surface area contributed by atoms with Crippen molar-refractivity contribution < 1.29 is 17.6 Å². The lowest BCUT2D eigenvalue weighted by Crippen LogP contribution is -2.36. The number of fused-ring (bicyclic) bond motifs is 1. The molecule has 3 N–H and O–H groups in total. The Labute approximate surface area is 201 Å². The second-order valence-electron chi connectivity index (χ2n) is 8.10. The zero-order valence-electron chi connectivity index (χ0n) is 17.9. The molecule has 3 aromatic carbocycles. The molecule has 2 unspecified atom stereocenters. The van der Waals surface area contributed by atoms with Crippen molar-refractivity contribution in [2.75, 3.05) is 16.8 Å². The van der Waals surface area contributed by atoms with Crippen molar-refractivity contribution in [1.29, 1.82) is 0 Å². The highest BCUT2D eigenvalue weighted by Crippen LogP contribution is 2.34. The van der Waals surface area contributed by atoms with Crippen LogP contribution in [0.4, 0.5) is 20.6 Å². The first-order valence-electron chi connectivity index (χ1n) is 10.7. The van der Waals surface area contributed by atoms with Crippen LogP contribution in [0.1, 0.15) is 17.2 Å². The predicted octanol–water partition coefficient (Wildman–Crippen LogP) is 3.74. The molecule has 2 aliphatic heterocycles. The minimum absolute atomic E-state index is 0.139. The van der Waals surface area contributed by atoms with Crippen molar-refractivity contribution in [1.82, 2.24) is 10.6 Å². The van der Waals surface area contributed by atoms with Crippen molar-refractivity contribution in [3.05, 3.63) is 89.7 Å². The Kier molecular flexibility index (Phi) is 5.70. The van der Waals surface area contributed by atoms with Crippen LogP contribution in [0.25, 0.3) is 0 Å². The Morgan fingerprint density at radius 3 is 2.50 bits per heavy atom. The number of hydrogen-bond donors (Lipinski definition) is 3. The highest BCUT2D eigenvalue weighted by molar-refractivity contribution is 7.92. The Hall–Kier alpha value is -3.50. The maximum atomic E-state index is 13.5. The lowest BCUT2D eigenvalue weighted by molar-refractivity contribution is 0.247. The van der Waals surface area contributed by atoms with Gasteiger partial charge >= 0.3 is 6.03 Å². The van der Waals surface area contributed by atoms with E-state index in [1.807, 2.05) is 11.0 Å². The van der Waals surface area contributed by atoms with Crippen LogP contribution in [0, 0.1) is 5.82 Å². The molecule has 2 heterocycles. The first-order valence-corrected chi connectivity index (χ1v) is 12.6. The average Bonchev–Trinajstić information content (AvgIpc) is 3.45. The van der Waals surface area contributed by atoms with Crippen LogP contribution in [0.2, 0.25) is 0 Å². The molecule has 2 aliphatic rings. The maximum absolute atomic E-state index is 13.5. The fraction of sp³-hybridized carbons (Fsp3) is 0.167. The second kappa shape index (κ2) is 8.69. The maximum Gasteiger partial charge on any atom is 0.316 e. The van der Waals surface area contributed by atoms with Crippen LogP contribution in [-0.2, 0) is 16.3 Å². The first-order chi connectivity index (χ1) is 16.3. The number of halogens is 1. The van der Waals surface area contributed by atoms with Crippen LogP contribution in [-0.4, -0.2) is 31.5 Å². The van der Waals surface area contributed by atoms with Crippen molar-refractivity contribution >= 4 is 44.6 Å². The van der Waals surface area contributed by atoms with Gasteiger partial charge in [0.15, 0.2) is 10.5 Å². The molecule has 174 valence electrons. The first kappa shape index (κ1) is 22.3. The number of urea groups is 1. The average molecular weight is 497 g/mol. The van der Waals surface area contributed by atoms with E-state index in [1.54, 1.807) is 54.6 Å². The summed E-state index contributed by atoms with van der Waals surface area (Å²) in [5.41, 5.74) is 3.03. The summed E-state index contributed by atoms with van der Waals surface area (Å²) >= 11 is 5.53. The molecule has 2 amide bonds.